The number of hydrogen-bond acceptors (Lipinski definition) is 2. The maximum Gasteiger partial charge on any atom is 0.271 e. The van der Waals surface area contributed by atoms with Crippen LogP contribution < -0.4 is 5.32 Å². The molecule has 1 N–H and O–H groups in total. The summed E-state index contributed by atoms with van der Waals surface area (Å²) in [7, 11) is 0. The van der Waals surface area contributed by atoms with Gasteiger partial charge in [-0.15, -0.1) is 11.6 Å². The van der Waals surface area contributed by atoms with Gasteiger partial charge in [0.25, 0.3) is 6.43 Å². The lowest BCUT2D eigenvalue weighted by Gasteiger charge is -2.43. The Morgan fingerprint density at radius 3 is 2.71 bits per heavy atom. The number of halogens is 5. The number of benzene rings is 1. The van der Waals surface area contributed by atoms with Crippen LogP contribution in [0.15, 0.2) is 30.5 Å². The molecule has 8 heteroatoms. The Morgan fingerprint density at radius 1 is 1.33 bits per heavy atom. The number of nitrogens with one attached hydrogen (secondary N) is 1. The smallest absolute Gasteiger partial charge is 0.271 e. The first-order valence-corrected chi connectivity index (χ1v) is 8.73. The molecule has 0 radical (unpaired) electrons. The molecule has 1 amide bonds. The van der Waals surface area contributed by atoms with Gasteiger partial charge in [0.15, 0.2) is 6.17 Å². The fraction of sp³-hybridized carbons (Fsp3) is 0.375. The Kier molecular flexibility index (Phi) is 4.92. The van der Waals surface area contributed by atoms with Crippen molar-refractivity contribution in [3.8, 4) is 0 Å². The molecular weight excluding hydrogens is 456 g/mol. The van der Waals surface area contributed by atoms with Gasteiger partial charge >= 0.3 is 0 Å². The van der Waals surface area contributed by atoms with Crippen LogP contribution in [-0.2, 0) is 4.79 Å². The van der Waals surface area contributed by atoms with E-state index >= 15 is 0 Å². The molecule has 1 aromatic heterocycles. The van der Waals surface area contributed by atoms with E-state index in [0.29, 0.717) is 11.2 Å². The van der Waals surface area contributed by atoms with Gasteiger partial charge in [0.05, 0.1) is 16.1 Å². The second kappa shape index (κ2) is 6.67. The Balaban J connectivity index is 1.73. The monoisotopic (exact) mass is 468 g/mol. The van der Waals surface area contributed by atoms with Crippen molar-refractivity contribution in [2.24, 2.45) is 5.92 Å². The van der Waals surface area contributed by atoms with Crippen molar-refractivity contribution in [3.05, 3.63) is 34.0 Å². The van der Waals surface area contributed by atoms with Crippen molar-refractivity contribution in [2.75, 3.05) is 5.32 Å². The molecule has 24 heavy (non-hydrogen) atoms. The molecule has 0 saturated heterocycles. The van der Waals surface area contributed by atoms with Crippen LogP contribution in [0.25, 0.3) is 10.9 Å². The average molecular weight is 469 g/mol. The first-order valence-electron chi connectivity index (χ1n) is 7.27. The first kappa shape index (κ1) is 17.7. The maximum atomic E-state index is 13.4. The van der Waals surface area contributed by atoms with Gasteiger partial charge in [-0.3, -0.25) is 9.78 Å². The number of hydrogen-bond donors (Lipinski definition) is 1. The van der Waals surface area contributed by atoms with Crippen LogP contribution in [0.3, 0.4) is 0 Å². The summed E-state index contributed by atoms with van der Waals surface area (Å²) < 4.78 is 39.4. The van der Waals surface area contributed by atoms with E-state index in [4.69, 9.17) is 11.6 Å². The van der Waals surface area contributed by atoms with E-state index in [1.807, 2.05) is 12.1 Å². The van der Waals surface area contributed by atoms with Crippen LogP contribution in [-0.4, -0.2) is 28.4 Å². The molecule has 1 unspecified atom stereocenters. The molecule has 3 rings (SSSR count). The number of carbonyl (C=O) groups excluding carboxylic acids is 1. The summed E-state index contributed by atoms with van der Waals surface area (Å²) in [6, 6.07) is 7.28. The van der Waals surface area contributed by atoms with E-state index < -0.39 is 23.4 Å². The molecule has 1 fully saturated rings. The summed E-state index contributed by atoms with van der Waals surface area (Å²) in [5, 5.41) is 3.65. The number of rotatable bonds is 4. The summed E-state index contributed by atoms with van der Waals surface area (Å²) in [5.74, 6) is -0.946. The predicted molar refractivity (Wildman–Crippen MR) is 95.3 cm³/mol. The van der Waals surface area contributed by atoms with Gasteiger partial charge in [-0.1, -0.05) is 6.07 Å². The fourth-order valence-corrected chi connectivity index (χ4v) is 3.95. The number of fused-ring (bicyclic) bond motifs is 1. The molecule has 0 aliphatic heterocycles. The Hall–Kier alpha value is -1.09. The molecule has 2 aromatic rings. The fourth-order valence-electron chi connectivity index (χ4n) is 2.87. The zero-order valence-electron chi connectivity index (χ0n) is 12.3. The third-order valence-corrected chi connectivity index (χ3v) is 5.69. The SMILES string of the molecule is O=C(Nc1ccc(I)c2cccnc12)C1CC(Cl)(C(F)C(F)F)C1. The summed E-state index contributed by atoms with van der Waals surface area (Å²) in [5.41, 5.74) is 1.18. The number of alkyl halides is 4. The van der Waals surface area contributed by atoms with Gasteiger partial charge in [0, 0.05) is 21.1 Å². The number of carbonyl (C=O) groups is 1. The number of aromatic nitrogens is 1. The van der Waals surface area contributed by atoms with Crippen molar-refractivity contribution in [1.29, 1.82) is 0 Å². The standard InChI is InChI=1S/C16H13ClF3IN2O/c17-16(13(18)14(19)20)6-8(7-16)15(24)23-11-4-3-10(21)9-2-1-5-22-12(9)11/h1-5,8,13-14H,6-7H2,(H,23,24). The highest BCUT2D eigenvalue weighted by atomic mass is 127. The predicted octanol–water partition coefficient (Wildman–Crippen LogP) is 4.77. The van der Waals surface area contributed by atoms with Crippen molar-refractivity contribution < 1.29 is 18.0 Å². The van der Waals surface area contributed by atoms with E-state index in [1.54, 1.807) is 18.3 Å². The van der Waals surface area contributed by atoms with Crippen molar-refractivity contribution in [3.63, 3.8) is 0 Å². The highest BCUT2D eigenvalue weighted by Gasteiger charge is 2.54. The van der Waals surface area contributed by atoms with E-state index in [1.165, 1.54) is 0 Å². The van der Waals surface area contributed by atoms with E-state index in [0.717, 1.165) is 8.96 Å². The molecule has 128 valence electrons. The topological polar surface area (TPSA) is 42.0 Å². The third kappa shape index (κ3) is 3.20. The first-order chi connectivity index (χ1) is 11.3. The zero-order valence-corrected chi connectivity index (χ0v) is 15.2. The second-order valence-electron chi connectivity index (χ2n) is 5.86. The molecule has 1 aliphatic carbocycles. The van der Waals surface area contributed by atoms with Crippen LogP contribution in [0.2, 0.25) is 0 Å². The number of pyridine rings is 1. The minimum Gasteiger partial charge on any atom is -0.324 e. The summed E-state index contributed by atoms with van der Waals surface area (Å²) in [6.45, 7) is 0. The van der Waals surface area contributed by atoms with Gasteiger partial charge < -0.3 is 5.32 Å². The molecule has 1 atom stereocenters. The van der Waals surface area contributed by atoms with Gasteiger partial charge in [0.2, 0.25) is 5.91 Å². The molecule has 1 saturated carbocycles. The van der Waals surface area contributed by atoms with E-state index in [9.17, 15) is 18.0 Å². The second-order valence-corrected chi connectivity index (χ2v) is 7.77. The van der Waals surface area contributed by atoms with Crippen LogP contribution in [0.5, 0.6) is 0 Å². The van der Waals surface area contributed by atoms with Gasteiger partial charge in [-0.05, 0) is 53.6 Å². The molecule has 0 bridgehead atoms. The average Bonchev–Trinajstić information content (AvgIpc) is 2.53. The molecular formula is C16H13ClF3IN2O. The van der Waals surface area contributed by atoms with Gasteiger partial charge in [-0.2, -0.15) is 0 Å². The van der Waals surface area contributed by atoms with Crippen molar-refractivity contribution in [2.45, 2.75) is 30.3 Å². The lowest BCUT2D eigenvalue weighted by Crippen LogP contribution is -2.52. The Morgan fingerprint density at radius 2 is 2.04 bits per heavy atom. The molecule has 1 aromatic carbocycles. The van der Waals surface area contributed by atoms with Gasteiger partial charge in [0.1, 0.15) is 0 Å². The number of anilines is 1. The van der Waals surface area contributed by atoms with Crippen molar-refractivity contribution >= 4 is 56.7 Å². The summed E-state index contributed by atoms with van der Waals surface area (Å²) in [6.07, 6.45) is -4.17. The normalized spacial score (nSPS) is 24.7. The number of amides is 1. The lowest BCUT2D eigenvalue weighted by molar-refractivity contribution is -0.125. The van der Waals surface area contributed by atoms with Crippen LogP contribution in [0.4, 0.5) is 18.9 Å². The van der Waals surface area contributed by atoms with E-state index in [-0.39, 0.29) is 18.7 Å². The molecule has 0 spiro atoms. The third-order valence-electron chi connectivity index (χ3n) is 4.23. The number of nitrogens with zero attached hydrogens (tertiary/aromatic N) is 1. The Bertz CT molecular complexity index is 783. The van der Waals surface area contributed by atoms with Crippen LogP contribution >= 0.6 is 34.2 Å². The van der Waals surface area contributed by atoms with Gasteiger partial charge in [-0.25, -0.2) is 13.2 Å². The zero-order chi connectivity index (χ0) is 17.5. The quantitative estimate of drug-likeness (QED) is 0.519. The Labute approximate surface area is 155 Å². The van der Waals surface area contributed by atoms with E-state index in [2.05, 4.69) is 32.9 Å². The van der Waals surface area contributed by atoms with Crippen molar-refractivity contribution in [1.82, 2.24) is 4.98 Å². The lowest BCUT2D eigenvalue weighted by atomic mass is 9.71. The molecule has 1 heterocycles. The molecule has 3 nitrogen and oxygen atoms in total. The summed E-state index contributed by atoms with van der Waals surface area (Å²) >= 11 is 8.04. The van der Waals surface area contributed by atoms with Crippen LogP contribution in [0.1, 0.15) is 12.8 Å². The minimum absolute atomic E-state index is 0.109. The summed E-state index contributed by atoms with van der Waals surface area (Å²) in [4.78, 5) is 14.9. The largest absolute Gasteiger partial charge is 0.324 e. The highest BCUT2D eigenvalue weighted by molar-refractivity contribution is 14.1. The highest BCUT2D eigenvalue weighted by Crippen LogP contribution is 2.48. The van der Waals surface area contributed by atoms with Crippen LogP contribution in [0, 0.1) is 9.49 Å². The maximum absolute atomic E-state index is 13.4. The minimum atomic E-state index is -3.14. The molecule has 1 aliphatic rings.